The molecule has 0 aliphatic heterocycles. The molecule has 0 aliphatic carbocycles. The molecular weight excluding hydrogens is 344 g/mol. The van der Waals surface area contributed by atoms with E-state index in [1.807, 2.05) is 26.2 Å². The number of hydrogen-bond acceptors (Lipinski definition) is 4. The van der Waals surface area contributed by atoms with Crippen LogP contribution in [-0.4, -0.2) is 70.5 Å². The van der Waals surface area contributed by atoms with Crippen LogP contribution in [0.5, 0.6) is 0 Å². The van der Waals surface area contributed by atoms with Gasteiger partial charge in [0.2, 0.25) is 0 Å². The second-order valence-corrected chi connectivity index (χ2v) is 37.1. The molecule has 99 valence electrons. The quantitative estimate of drug-likeness (QED) is 0.379. The molecule has 0 fully saturated rings. The van der Waals surface area contributed by atoms with Crippen molar-refractivity contribution in [1.29, 1.82) is 0 Å². The molecule has 0 aromatic rings. The Hall–Kier alpha value is 1.66. The summed E-state index contributed by atoms with van der Waals surface area (Å²) in [6.07, 6.45) is 0. The summed E-state index contributed by atoms with van der Waals surface area (Å²) < 4.78 is 0. The van der Waals surface area contributed by atoms with Gasteiger partial charge in [0.15, 0.2) is 34.2 Å². The zero-order valence-corrected chi connectivity index (χ0v) is 18.2. The van der Waals surface area contributed by atoms with Gasteiger partial charge in [-0.1, -0.05) is 26.2 Å². The first-order chi connectivity index (χ1) is 6.25. The Labute approximate surface area is 113 Å². The molecule has 4 unspecified atom stereocenters. The van der Waals surface area contributed by atoms with Crippen molar-refractivity contribution in [3.05, 3.63) is 0 Å². The SMILES string of the molecule is C[SiH](O)[SiH2][SiH](C)O.C[SiH](O)[SiH2][SiH](C)O.[Cu]. The van der Waals surface area contributed by atoms with E-state index < -0.39 is 34.2 Å². The first kappa shape index (κ1) is 21.9. The average molecular weight is 368 g/mol. The largest absolute Gasteiger partial charge is 0.439 e. The average Bonchev–Trinajstić information content (AvgIpc) is 1.79. The molecule has 0 aromatic heterocycles. The van der Waals surface area contributed by atoms with E-state index in [0.717, 1.165) is 0 Å². The van der Waals surface area contributed by atoms with Crippen LogP contribution in [0.4, 0.5) is 0 Å². The van der Waals surface area contributed by atoms with E-state index in [2.05, 4.69) is 0 Å². The summed E-state index contributed by atoms with van der Waals surface area (Å²) in [6, 6.07) is 0. The van der Waals surface area contributed by atoms with Crippen molar-refractivity contribution in [2.24, 2.45) is 0 Å². The molecule has 0 bridgehead atoms. The molecule has 0 saturated heterocycles. The van der Waals surface area contributed by atoms with Crippen LogP contribution in [0.25, 0.3) is 0 Å². The van der Waals surface area contributed by atoms with Gasteiger partial charge in [-0.3, -0.25) is 0 Å². The maximum Gasteiger partial charge on any atom is 0.150 e. The minimum atomic E-state index is -1.28. The predicted octanol–water partition coefficient (Wildman–Crippen LogP) is -4.32. The number of hydrogen-bond donors (Lipinski definition) is 4. The summed E-state index contributed by atoms with van der Waals surface area (Å²) in [5.41, 5.74) is 0. The monoisotopic (exact) mass is 367 g/mol. The predicted molar refractivity (Wildman–Crippen MR) is 78.0 cm³/mol. The first-order valence-electron chi connectivity index (χ1n) is 4.98. The third kappa shape index (κ3) is 31.3. The molecule has 4 N–H and O–H groups in total. The minimum Gasteiger partial charge on any atom is -0.439 e. The van der Waals surface area contributed by atoms with Crippen LogP contribution in [-0.2, 0) is 17.1 Å². The summed E-state index contributed by atoms with van der Waals surface area (Å²) in [7, 11) is -5.77. The van der Waals surface area contributed by atoms with Crippen molar-refractivity contribution in [1.82, 2.24) is 0 Å². The molecule has 4 nitrogen and oxygen atoms in total. The minimum absolute atomic E-state index is 0. The van der Waals surface area contributed by atoms with Gasteiger partial charge in [-0.05, 0) is 0 Å². The summed E-state index contributed by atoms with van der Waals surface area (Å²) in [5, 5.41) is 0. The van der Waals surface area contributed by atoms with E-state index in [0.29, 0.717) is 0 Å². The van der Waals surface area contributed by atoms with Crippen LogP contribution in [0, 0.1) is 0 Å². The van der Waals surface area contributed by atoms with Gasteiger partial charge in [0.1, 0.15) is 0 Å². The Balaban J connectivity index is -0.000000180. The van der Waals surface area contributed by atoms with Crippen LogP contribution in [0.2, 0.25) is 26.2 Å². The second kappa shape index (κ2) is 13.7. The van der Waals surface area contributed by atoms with E-state index >= 15 is 0 Å². The second-order valence-electron chi connectivity index (χ2n) is 3.87. The molecule has 0 aliphatic rings. The van der Waals surface area contributed by atoms with Crippen molar-refractivity contribution in [2.75, 3.05) is 0 Å². The Morgan fingerprint density at radius 2 is 0.733 bits per heavy atom. The van der Waals surface area contributed by atoms with E-state index in [9.17, 15) is 0 Å². The third-order valence-corrected chi connectivity index (χ3v) is 36.8. The molecule has 0 rings (SSSR count). The summed E-state index contributed by atoms with van der Waals surface area (Å²) in [6.45, 7) is 7.58. The fraction of sp³-hybridized carbons (Fsp3) is 1.00. The Bertz CT molecular complexity index is 99.7. The molecule has 0 spiro atoms. The first-order valence-corrected chi connectivity index (χ1v) is 24.7. The Kier molecular flexibility index (Phi) is 20.0. The zero-order chi connectivity index (χ0) is 11.7. The van der Waals surface area contributed by atoms with Crippen molar-refractivity contribution >= 4 is 51.3 Å². The molecule has 0 heterocycles. The van der Waals surface area contributed by atoms with Crippen molar-refractivity contribution < 1.29 is 36.3 Å². The van der Waals surface area contributed by atoms with Crippen molar-refractivity contribution in [3.8, 4) is 0 Å². The summed E-state index contributed by atoms with van der Waals surface area (Å²) in [5.74, 6) is 0. The van der Waals surface area contributed by atoms with Crippen LogP contribution >= 0.6 is 0 Å². The molecule has 1 radical (unpaired) electrons. The van der Waals surface area contributed by atoms with Crippen LogP contribution in [0.1, 0.15) is 0 Å². The topological polar surface area (TPSA) is 80.9 Å². The Morgan fingerprint density at radius 1 is 0.600 bits per heavy atom. The van der Waals surface area contributed by atoms with E-state index in [1.54, 1.807) is 0 Å². The van der Waals surface area contributed by atoms with E-state index in [1.165, 1.54) is 0 Å². The van der Waals surface area contributed by atoms with Crippen LogP contribution < -0.4 is 0 Å². The fourth-order valence-corrected chi connectivity index (χ4v) is 26.7. The molecule has 15 heavy (non-hydrogen) atoms. The number of rotatable bonds is 4. The van der Waals surface area contributed by atoms with Crippen LogP contribution in [0.15, 0.2) is 0 Å². The Morgan fingerprint density at radius 3 is 0.733 bits per heavy atom. The van der Waals surface area contributed by atoms with Gasteiger partial charge < -0.3 is 19.2 Å². The van der Waals surface area contributed by atoms with Crippen LogP contribution in [0.3, 0.4) is 0 Å². The van der Waals surface area contributed by atoms with Crippen molar-refractivity contribution in [2.45, 2.75) is 26.2 Å². The van der Waals surface area contributed by atoms with Gasteiger partial charge in [0.05, 0.1) is 17.1 Å². The fourth-order valence-electron chi connectivity index (χ4n) is 0.987. The van der Waals surface area contributed by atoms with Gasteiger partial charge in [-0.15, -0.1) is 0 Å². The standard InChI is InChI=1S/2C2H12O2Si3.Cu/c2*1-6(3)5-7(2)4;/h2*3-4,6-7H,5H2,1-2H3;. The van der Waals surface area contributed by atoms with Gasteiger partial charge in [0, 0.05) is 17.1 Å². The zero-order valence-electron chi connectivity index (χ0n) is 9.81. The maximum absolute atomic E-state index is 8.80. The summed E-state index contributed by atoms with van der Waals surface area (Å²) >= 11 is 0. The normalized spacial score (nSPS) is 19.2. The molecule has 11 heteroatoms. The summed E-state index contributed by atoms with van der Waals surface area (Å²) in [4.78, 5) is 35.2. The van der Waals surface area contributed by atoms with Gasteiger partial charge >= 0.3 is 0 Å². The van der Waals surface area contributed by atoms with E-state index in [-0.39, 0.29) is 34.2 Å². The van der Waals surface area contributed by atoms with Gasteiger partial charge in [-0.2, -0.15) is 0 Å². The molecule has 0 amide bonds. The van der Waals surface area contributed by atoms with Gasteiger partial charge in [-0.25, -0.2) is 0 Å². The van der Waals surface area contributed by atoms with Crippen molar-refractivity contribution in [3.63, 3.8) is 0 Å². The van der Waals surface area contributed by atoms with Gasteiger partial charge in [0.25, 0.3) is 0 Å². The third-order valence-electron chi connectivity index (χ3n) is 1.36. The maximum atomic E-state index is 8.80. The smallest absolute Gasteiger partial charge is 0.150 e. The molecule has 4 atom stereocenters. The van der Waals surface area contributed by atoms with E-state index in [4.69, 9.17) is 19.2 Å². The molecular formula is C4H24CuO4Si6. The molecule has 0 aromatic carbocycles. The molecule has 0 saturated carbocycles.